The van der Waals surface area contributed by atoms with Crippen LogP contribution >= 0.6 is 0 Å². The van der Waals surface area contributed by atoms with Gasteiger partial charge in [0.1, 0.15) is 17.1 Å². The second-order valence-electron chi connectivity index (χ2n) is 7.18. The van der Waals surface area contributed by atoms with Gasteiger partial charge in [0, 0.05) is 24.7 Å². The zero-order valence-electron chi connectivity index (χ0n) is 15.1. The minimum absolute atomic E-state index is 0.0617. The number of alkyl halides is 5. The van der Waals surface area contributed by atoms with Gasteiger partial charge in [0.15, 0.2) is 0 Å². The normalized spacial score (nSPS) is 22.2. The Balaban J connectivity index is 1.71. The van der Waals surface area contributed by atoms with E-state index < -0.39 is 35.3 Å². The van der Waals surface area contributed by atoms with E-state index in [0.717, 1.165) is 25.5 Å². The molecule has 2 saturated heterocycles. The molecule has 1 aromatic carbocycles. The number of benzene rings is 1. The number of hydrogen-bond acceptors (Lipinski definition) is 6. The Morgan fingerprint density at radius 2 is 1.97 bits per heavy atom. The summed E-state index contributed by atoms with van der Waals surface area (Å²) < 4.78 is 65.7. The number of anilines is 1. The number of nitrogens with zero attached hydrogens (tertiary/aromatic N) is 4. The number of aromatic nitrogens is 3. The third-order valence-corrected chi connectivity index (χ3v) is 5.48. The lowest BCUT2D eigenvalue weighted by molar-refractivity contribution is -0.137. The van der Waals surface area contributed by atoms with Gasteiger partial charge >= 0.3 is 6.18 Å². The molecular weight excluding hydrogens is 397 g/mol. The highest BCUT2D eigenvalue weighted by molar-refractivity contribution is 5.69. The number of phenols is 1. The first-order valence-electron chi connectivity index (χ1n) is 9.16. The largest absolute Gasteiger partial charge is 0.507 e. The summed E-state index contributed by atoms with van der Waals surface area (Å²) in [4.78, 5) is 5.81. The van der Waals surface area contributed by atoms with Crippen LogP contribution in [0.25, 0.3) is 11.3 Å². The highest BCUT2D eigenvalue weighted by Crippen LogP contribution is 2.39. The molecule has 2 fully saturated rings. The number of fused-ring (bicyclic) bond motifs is 1. The molecule has 2 atom stereocenters. The molecular formula is C18H18F5N5O. The number of aromatic hydroxyl groups is 1. The van der Waals surface area contributed by atoms with Gasteiger partial charge in [0.25, 0.3) is 6.43 Å². The number of nitrogens with one attached hydrogen (secondary N) is 1. The summed E-state index contributed by atoms with van der Waals surface area (Å²) in [6.07, 6.45) is -5.83. The fourth-order valence-electron chi connectivity index (χ4n) is 4.02. The molecule has 2 unspecified atom stereocenters. The zero-order valence-corrected chi connectivity index (χ0v) is 15.1. The Kier molecular flexibility index (Phi) is 5.01. The Hall–Kier alpha value is -2.56. The Morgan fingerprint density at radius 1 is 1.17 bits per heavy atom. The molecule has 2 N–H and O–H groups in total. The smallest absolute Gasteiger partial charge is 0.416 e. The fourth-order valence-corrected chi connectivity index (χ4v) is 4.02. The van der Waals surface area contributed by atoms with Crippen LogP contribution in [0.15, 0.2) is 18.2 Å². The summed E-state index contributed by atoms with van der Waals surface area (Å²) in [6, 6.07) is 2.14. The predicted octanol–water partition coefficient (Wildman–Crippen LogP) is 3.39. The molecule has 2 aliphatic rings. The molecule has 4 rings (SSSR count). The van der Waals surface area contributed by atoms with Crippen LogP contribution < -0.4 is 10.2 Å². The summed E-state index contributed by atoms with van der Waals surface area (Å²) in [7, 11) is 0. The van der Waals surface area contributed by atoms with Gasteiger partial charge in [-0.1, -0.05) is 0 Å². The summed E-state index contributed by atoms with van der Waals surface area (Å²) in [5.74, 6) is -0.330. The molecule has 0 saturated carbocycles. The predicted molar refractivity (Wildman–Crippen MR) is 93.6 cm³/mol. The van der Waals surface area contributed by atoms with Crippen LogP contribution in [0.4, 0.5) is 27.9 Å². The molecule has 2 aromatic rings. The first-order valence-corrected chi connectivity index (χ1v) is 9.16. The van der Waals surface area contributed by atoms with E-state index in [0.29, 0.717) is 31.1 Å². The minimum atomic E-state index is -4.67. The third kappa shape index (κ3) is 3.70. The van der Waals surface area contributed by atoms with Crippen LogP contribution in [0, 0.1) is 5.92 Å². The van der Waals surface area contributed by atoms with E-state index >= 15 is 0 Å². The Morgan fingerprint density at radius 3 is 2.66 bits per heavy atom. The van der Waals surface area contributed by atoms with Gasteiger partial charge in [-0.3, -0.25) is 0 Å². The van der Waals surface area contributed by atoms with Crippen molar-refractivity contribution in [3.8, 4) is 17.0 Å². The summed E-state index contributed by atoms with van der Waals surface area (Å²) in [5.41, 5.74) is -2.54. The average molecular weight is 415 g/mol. The second-order valence-corrected chi connectivity index (χ2v) is 7.18. The topological polar surface area (TPSA) is 74.2 Å². The molecule has 2 aliphatic heterocycles. The molecule has 3 heterocycles. The van der Waals surface area contributed by atoms with Gasteiger partial charge in [-0.15, -0.1) is 10.2 Å². The third-order valence-electron chi connectivity index (χ3n) is 5.48. The number of piperidine rings is 1. The lowest BCUT2D eigenvalue weighted by atomic mass is 9.93. The molecule has 11 heteroatoms. The molecule has 0 aliphatic carbocycles. The van der Waals surface area contributed by atoms with E-state index in [9.17, 15) is 27.1 Å². The summed E-state index contributed by atoms with van der Waals surface area (Å²) in [5, 5.41) is 21.0. The van der Waals surface area contributed by atoms with Crippen LogP contribution in [-0.4, -0.2) is 46.0 Å². The monoisotopic (exact) mass is 415 g/mol. The summed E-state index contributed by atoms with van der Waals surface area (Å²) in [6.45, 7) is 2.22. The molecule has 0 radical (unpaired) electrons. The van der Waals surface area contributed by atoms with Gasteiger partial charge in [-0.2, -0.15) is 13.2 Å². The quantitative estimate of drug-likeness (QED) is 0.749. The van der Waals surface area contributed by atoms with Crippen molar-refractivity contribution < 1.29 is 27.1 Å². The number of phenolic OH excluding ortho intramolecular Hbond substituents is 1. The van der Waals surface area contributed by atoms with Crippen molar-refractivity contribution >= 4 is 5.95 Å². The SMILES string of the molecule is Oc1cc(C(F)(F)F)ccc1-c1nnc(N2CCC3CCNCC32)nc1C(F)F. The molecule has 156 valence electrons. The van der Waals surface area contributed by atoms with Crippen LogP contribution in [-0.2, 0) is 6.18 Å². The molecule has 29 heavy (non-hydrogen) atoms. The van der Waals surface area contributed by atoms with Gasteiger partial charge in [0.05, 0.1) is 5.56 Å². The van der Waals surface area contributed by atoms with Crippen molar-refractivity contribution in [2.45, 2.75) is 31.5 Å². The first kappa shape index (κ1) is 19.7. The van der Waals surface area contributed by atoms with Crippen molar-refractivity contribution in [3.05, 3.63) is 29.5 Å². The van der Waals surface area contributed by atoms with Gasteiger partial charge in [-0.05, 0) is 43.5 Å². The van der Waals surface area contributed by atoms with Gasteiger partial charge < -0.3 is 15.3 Å². The maximum Gasteiger partial charge on any atom is 0.416 e. The maximum atomic E-state index is 13.7. The zero-order chi connectivity index (χ0) is 20.8. The highest BCUT2D eigenvalue weighted by atomic mass is 19.4. The van der Waals surface area contributed by atoms with Crippen molar-refractivity contribution in [2.75, 3.05) is 24.5 Å². The van der Waals surface area contributed by atoms with E-state index in [2.05, 4.69) is 20.5 Å². The van der Waals surface area contributed by atoms with Crippen LogP contribution in [0.2, 0.25) is 0 Å². The maximum absolute atomic E-state index is 13.7. The second kappa shape index (κ2) is 7.36. The van der Waals surface area contributed by atoms with Crippen molar-refractivity contribution in [1.82, 2.24) is 20.5 Å². The van der Waals surface area contributed by atoms with Crippen molar-refractivity contribution in [2.24, 2.45) is 5.92 Å². The molecule has 0 amide bonds. The summed E-state index contributed by atoms with van der Waals surface area (Å²) >= 11 is 0. The van der Waals surface area contributed by atoms with Crippen molar-refractivity contribution in [1.29, 1.82) is 0 Å². The van der Waals surface area contributed by atoms with Gasteiger partial charge in [0.2, 0.25) is 5.95 Å². The Bertz CT molecular complexity index is 907. The number of hydrogen-bond donors (Lipinski definition) is 2. The van der Waals surface area contributed by atoms with E-state index in [1.165, 1.54) is 0 Å². The lowest BCUT2D eigenvalue weighted by Crippen LogP contribution is -2.46. The van der Waals surface area contributed by atoms with Gasteiger partial charge in [-0.25, -0.2) is 13.8 Å². The standard InChI is InChI=1S/C18H18F5N5O/c19-16(20)15-14(11-2-1-10(7-13(11)29)18(21,22)23)26-27-17(25-15)28-6-4-9-3-5-24-8-12(9)28/h1-2,7,9,12,16,24,29H,3-6,8H2. The Labute approximate surface area is 162 Å². The van der Waals surface area contributed by atoms with Crippen LogP contribution in [0.3, 0.4) is 0 Å². The van der Waals surface area contributed by atoms with E-state index in [-0.39, 0.29) is 17.6 Å². The molecule has 1 aromatic heterocycles. The average Bonchev–Trinajstić information content (AvgIpc) is 3.11. The van der Waals surface area contributed by atoms with Crippen LogP contribution in [0.1, 0.15) is 30.5 Å². The minimum Gasteiger partial charge on any atom is -0.507 e. The number of rotatable bonds is 3. The van der Waals surface area contributed by atoms with E-state index in [4.69, 9.17) is 0 Å². The molecule has 6 nitrogen and oxygen atoms in total. The lowest BCUT2D eigenvalue weighted by Gasteiger charge is -2.32. The number of halogens is 5. The first-order chi connectivity index (χ1) is 13.8. The fraction of sp³-hybridized carbons (Fsp3) is 0.500. The molecule has 0 bridgehead atoms. The highest BCUT2D eigenvalue weighted by Gasteiger charge is 2.38. The van der Waals surface area contributed by atoms with Crippen LogP contribution in [0.5, 0.6) is 5.75 Å². The molecule has 0 spiro atoms. The van der Waals surface area contributed by atoms with E-state index in [1.54, 1.807) is 0 Å². The van der Waals surface area contributed by atoms with Crippen molar-refractivity contribution in [3.63, 3.8) is 0 Å². The van der Waals surface area contributed by atoms with E-state index in [1.807, 2.05) is 4.90 Å².